The Morgan fingerprint density at radius 3 is 2.41 bits per heavy atom. The van der Waals surface area contributed by atoms with E-state index in [1.54, 1.807) is 25.4 Å². The van der Waals surface area contributed by atoms with Crippen molar-refractivity contribution in [3.63, 3.8) is 0 Å². The maximum absolute atomic E-state index is 11.6. The molecule has 0 unspecified atom stereocenters. The molecule has 3 N–H and O–H groups in total. The molecular formula is C27H21N3O6S. The zero-order valence-electron chi connectivity index (χ0n) is 19.5. The monoisotopic (exact) mass is 515 g/mol. The van der Waals surface area contributed by atoms with Crippen LogP contribution in [0.25, 0.3) is 11.3 Å². The van der Waals surface area contributed by atoms with Crippen LogP contribution in [0, 0.1) is 0 Å². The lowest BCUT2D eigenvalue weighted by molar-refractivity contribution is 0.0696. The summed E-state index contributed by atoms with van der Waals surface area (Å²) in [5.41, 5.74) is 1.56. The van der Waals surface area contributed by atoms with Crippen LogP contribution < -0.4 is 15.0 Å². The number of rotatable bonds is 7. The molecule has 2 atom stereocenters. The first-order valence-electron chi connectivity index (χ1n) is 11.2. The summed E-state index contributed by atoms with van der Waals surface area (Å²) >= 11 is 5.72. The number of hydrogen-bond acceptors (Lipinski definition) is 6. The molecule has 1 aliphatic rings. The third-order valence-electron chi connectivity index (χ3n) is 6.06. The van der Waals surface area contributed by atoms with E-state index in [9.17, 15) is 19.8 Å². The number of nitrogens with zero attached hydrogens (tertiary/aromatic N) is 2. The van der Waals surface area contributed by atoms with Crippen molar-refractivity contribution in [2.24, 2.45) is 0 Å². The van der Waals surface area contributed by atoms with Crippen LogP contribution in [0.2, 0.25) is 0 Å². The summed E-state index contributed by atoms with van der Waals surface area (Å²) in [5, 5.41) is 22.7. The number of methoxy groups -OCH3 is 1. The fourth-order valence-corrected chi connectivity index (χ4v) is 4.71. The molecule has 37 heavy (non-hydrogen) atoms. The third-order valence-corrected chi connectivity index (χ3v) is 6.37. The lowest BCUT2D eigenvalue weighted by atomic mass is 10.0. The number of pyridine rings is 1. The first-order valence-corrected chi connectivity index (χ1v) is 11.6. The van der Waals surface area contributed by atoms with Crippen LogP contribution in [-0.2, 0) is 0 Å². The second-order valence-corrected chi connectivity index (χ2v) is 8.70. The van der Waals surface area contributed by atoms with Crippen LogP contribution >= 0.6 is 12.2 Å². The molecule has 10 heteroatoms. The van der Waals surface area contributed by atoms with Gasteiger partial charge < -0.3 is 29.6 Å². The van der Waals surface area contributed by atoms with Crippen LogP contribution in [0.15, 0.2) is 83.4 Å². The highest BCUT2D eigenvalue weighted by molar-refractivity contribution is 7.80. The summed E-state index contributed by atoms with van der Waals surface area (Å²) in [6, 6.07) is 19.6. The Bertz CT molecular complexity index is 1470. The number of anilines is 1. The molecule has 0 aliphatic carbocycles. The number of hydrogen-bond donors (Lipinski definition) is 3. The maximum Gasteiger partial charge on any atom is 0.335 e. The van der Waals surface area contributed by atoms with Crippen molar-refractivity contribution in [2.45, 2.75) is 12.1 Å². The van der Waals surface area contributed by atoms with Crippen molar-refractivity contribution in [3.8, 4) is 17.1 Å². The summed E-state index contributed by atoms with van der Waals surface area (Å²) in [6.45, 7) is 0. The Labute approximate surface area is 216 Å². The molecule has 0 amide bonds. The van der Waals surface area contributed by atoms with Crippen molar-refractivity contribution >= 4 is 35.0 Å². The minimum atomic E-state index is -1.24. The van der Waals surface area contributed by atoms with Gasteiger partial charge in [0, 0.05) is 23.5 Å². The average Bonchev–Trinajstić information content (AvgIpc) is 3.53. The van der Waals surface area contributed by atoms with Crippen molar-refractivity contribution in [3.05, 3.63) is 102 Å². The molecule has 0 spiro atoms. The number of aromatic carboxylic acids is 2. The fourth-order valence-electron chi connectivity index (χ4n) is 4.37. The summed E-state index contributed by atoms with van der Waals surface area (Å²) in [4.78, 5) is 29.6. The van der Waals surface area contributed by atoms with Crippen LogP contribution in [-0.4, -0.2) is 39.4 Å². The molecule has 1 aliphatic heterocycles. The topological polar surface area (TPSA) is 125 Å². The lowest BCUT2D eigenvalue weighted by Crippen LogP contribution is -2.29. The minimum Gasteiger partial charge on any atom is -0.497 e. The van der Waals surface area contributed by atoms with Gasteiger partial charge in [-0.2, -0.15) is 0 Å². The van der Waals surface area contributed by atoms with Crippen LogP contribution in [0.5, 0.6) is 5.75 Å². The molecular weight excluding hydrogens is 494 g/mol. The Hall–Kier alpha value is -4.70. The quantitative estimate of drug-likeness (QED) is 0.292. The minimum absolute atomic E-state index is 0.152. The first-order chi connectivity index (χ1) is 17.9. The van der Waals surface area contributed by atoms with Gasteiger partial charge >= 0.3 is 11.9 Å². The van der Waals surface area contributed by atoms with Gasteiger partial charge in [-0.3, -0.25) is 4.98 Å². The fraction of sp³-hybridized carbons (Fsp3) is 0.111. The van der Waals surface area contributed by atoms with Gasteiger partial charge in [0.05, 0.1) is 30.0 Å². The van der Waals surface area contributed by atoms with Gasteiger partial charge in [-0.15, -0.1) is 0 Å². The standard InChI is InChI=1S/C27H21N3O6S/c1-35-19-6-4-5-18(14-19)30-24(23(29-27(30)37)20-7-2-3-10-28-20)22-9-8-21(36-22)15-11-16(25(31)32)13-17(12-15)26(33)34/h2-14,23-24H,1H3,(H,29,37)(H,31,32)(H,33,34)/t23-,24-/m0/s1. The van der Waals surface area contributed by atoms with E-state index in [0.29, 0.717) is 27.9 Å². The van der Waals surface area contributed by atoms with Gasteiger partial charge in [-0.05, 0) is 66.8 Å². The molecule has 0 saturated carbocycles. The van der Waals surface area contributed by atoms with Gasteiger partial charge in [0.25, 0.3) is 0 Å². The van der Waals surface area contributed by atoms with E-state index in [1.807, 2.05) is 47.4 Å². The SMILES string of the molecule is COc1cccc(N2C(=S)N[C@@H](c3ccccn3)[C@@H]2c2ccc(-c3cc(C(=O)O)cc(C(=O)O)c3)o2)c1. The Kier molecular flexibility index (Phi) is 6.33. The van der Waals surface area contributed by atoms with E-state index in [2.05, 4.69) is 10.3 Å². The number of ether oxygens (including phenoxy) is 1. The summed E-state index contributed by atoms with van der Waals surface area (Å²) in [5.74, 6) is -0.962. The van der Waals surface area contributed by atoms with E-state index in [-0.39, 0.29) is 17.2 Å². The number of thiocarbonyl (C=S) groups is 1. The van der Waals surface area contributed by atoms with Gasteiger partial charge in [-0.1, -0.05) is 12.1 Å². The summed E-state index contributed by atoms with van der Waals surface area (Å²) in [6.07, 6.45) is 1.70. The Morgan fingerprint density at radius 1 is 1.00 bits per heavy atom. The van der Waals surface area contributed by atoms with Crippen molar-refractivity contribution in [1.29, 1.82) is 0 Å². The Morgan fingerprint density at radius 2 is 1.76 bits per heavy atom. The molecule has 3 heterocycles. The highest BCUT2D eigenvalue weighted by Crippen LogP contribution is 2.43. The third kappa shape index (κ3) is 4.62. The smallest absolute Gasteiger partial charge is 0.335 e. The largest absolute Gasteiger partial charge is 0.497 e. The molecule has 9 nitrogen and oxygen atoms in total. The number of carbonyl (C=O) groups is 2. The highest BCUT2D eigenvalue weighted by atomic mass is 32.1. The molecule has 1 fully saturated rings. The van der Waals surface area contributed by atoms with Crippen LogP contribution in [0.4, 0.5) is 5.69 Å². The number of aromatic nitrogens is 1. The molecule has 5 rings (SSSR count). The zero-order valence-corrected chi connectivity index (χ0v) is 20.3. The first kappa shape index (κ1) is 24.0. The molecule has 2 aromatic carbocycles. The van der Waals surface area contributed by atoms with Crippen LogP contribution in [0.3, 0.4) is 0 Å². The van der Waals surface area contributed by atoms with E-state index in [1.165, 1.54) is 12.1 Å². The highest BCUT2D eigenvalue weighted by Gasteiger charge is 2.42. The van der Waals surface area contributed by atoms with E-state index in [0.717, 1.165) is 17.4 Å². The van der Waals surface area contributed by atoms with E-state index >= 15 is 0 Å². The van der Waals surface area contributed by atoms with E-state index in [4.69, 9.17) is 21.4 Å². The van der Waals surface area contributed by atoms with Crippen molar-refractivity contribution in [2.75, 3.05) is 12.0 Å². The lowest BCUT2D eigenvalue weighted by Gasteiger charge is -2.26. The number of carboxylic acids is 2. The molecule has 2 aromatic heterocycles. The van der Waals surface area contributed by atoms with E-state index < -0.39 is 18.0 Å². The molecule has 0 bridgehead atoms. The van der Waals surface area contributed by atoms with Crippen LogP contribution in [0.1, 0.15) is 44.3 Å². The number of furan rings is 1. The Balaban J connectivity index is 1.62. The molecule has 0 radical (unpaired) electrons. The van der Waals surface area contributed by atoms with Gasteiger partial charge in [0.15, 0.2) is 5.11 Å². The van der Waals surface area contributed by atoms with Gasteiger partial charge in [-0.25, -0.2) is 9.59 Å². The van der Waals surface area contributed by atoms with Gasteiger partial charge in [0.1, 0.15) is 23.3 Å². The van der Waals surface area contributed by atoms with Crippen molar-refractivity contribution in [1.82, 2.24) is 10.3 Å². The number of nitrogens with one attached hydrogen (secondary N) is 1. The van der Waals surface area contributed by atoms with Gasteiger partial charge in [0.2, 0.25) is 0 Å². The molecule has 4 aromatic rings. The summed E-state index contributed by atoms with van der Waals surface area (Å²) < 4.78 is 11.6. The van der Waals surface area contributed by atoms with Crippen molar-refractivity contribution < 1.29 is 29.0 Å². The molecule has 1 saturated heterocycles. The maximum atomic E-state index is 11.6. The average molecular weight is 516 g/mol. The second kappa shape index (κ2) is 9.75. The predicted molar refractivity (Wildman–Crippen MR) is 139 cm³/mol. The number of benzene rings is 2. The second-order valence-electron chi connectivity index (χ2n) is 8.31. The molecule has 186 valence electrons. The predicted octanol–water partition coefficient (Wildman–Crippen LogP) is 4.92. The number of carboxylic acid groups (broad SMARTS) is 2. The normalized spacial score (nSPS) is 16.9. The summed E-state index contributed by atoms with van der Waals surface area (Å²) in [7, 11) is 1.59. The zero-order chi connectivity index (χ0) is 26.1.